The fourth-order valence-corrected chi connectivity index (χ4v) is 6.88. The summed E-state index contributed by atoms with van der Waals surface area (Å²) in [6.07, 6.45) is 6.54. The minimum atomic E-state index is -0.0327. The number of benzene rings is 5. The molecule has 0 saturated carbocycles. The Bertz CT molecular complexity index is 1970. The first-order valence-corrected chi connectivity index (χ1v) is 16.2. The predicted octanol–water partition coefficient (Wildman–Crippen LogP) is 10.6. The van der Waals surface area contributed by atoms with Gasteiger partial charge in [0.15, 0.2) is 0 Å². The molecule has 5 aromatic carbocycles. The largest absolute Gasteiger partial charge is 0.356 e. The summed E-state index contributed by atoms with van der Waals surface area (Å²) in [4.78, 5) is 9.77. The summed E-state index contributed by atoms with van der Waals surface area (Å²) in [5.41, 5.74) is 11.8. The SMILES string of the molecule is Ic1ccc2c(c1)N(c1ccccc1)c1cc(NC3=CC4C(=Nc5ccc(I)cc5N4c4ccccc4)C=C3)ccc1N2. The highest BCUT2D eigenvalue weighted by molar-refractivity contribution is 14.1. The lowest BCUT2D eigenvalue weighted by molar-refractivity contribution is 0.953. The lowest BCUT2D eigenvalue weighted by Gasteiger charge is -2.38. The van der Waals surface area contributed by atoms with E-state index in [0.717, 1.165) is 62.6 Å². The van der Waals surface area contributed by atoms with Gasteiger partial charge in [0.1, 0.15) is 0 Å². The van der Waals surface area contributed by atoms with E-state index in [2.05, 4.69) is 199 Å². The van der Waals surface area contributed by atoms with Crippen LogP contribution in [0.2, 0.25) is 0 Å². The topological polar surface area (TPSA) is 42.9 Å². The molecule has 1 unspecified atom stereocenters. The van der Waals surface area contributed by atoms with Gasteiger partial charge in [-0.15, -0.1) is 0 Å². The Balaban J connectivity index is 1.17. The maximum absolute atomic E-state index is 5.05. The predicted molar refractivity (Wildman–Crippen MR) is 197 cm³/mol. The molecule has 3 aliphatic rings. The summed E-state index contributed by atoms with van der Waals surface area (Å²) in [6.45, 7) is 0. The zero-order chi connectivity index (χ0) is 28.9. The number of allylic oxidation sites excluding steroid dienone is 1. The smallest absolute Gasteiger partial charge is 0.0969 e. The highest BCUT2D eigenvalue weighted by atomic mass is 127. The Kier molecular flexibility index (Phi) is 6.71. The van der Waals surface area contributed by atoms with Gasteiger partial charge in [-0.25, -0.2) is 4.99 Å². The van der Waals surface area contributed by atoms with Gasteiger partial charge in [-0.1, -0.05) is 36.4 Å². The van der Waals surface area contributed by atoms with E-state index in [1.165, 1.54) is 7.14 Å². The number of hydrogen-bond donors (Lipinski definition) is 2. The Morgan fingerprint density at radius 2 is 1.30 bits per heavy atom. The molecule has 0 amide bonds. The first-order chi connectivity index (χ1) is 21.1. The van der Waals surface area contributed by atoms with Crippen LogP contribution < -0.4 is 20.4 Å². The number of halogens is 2. The van der Waals surface area contributed by atoms with Crippen molar-refractivity contribution in [2.24, 2.45) is 4.99 Å². The fraction of sp³-hybridized carbons (Fsp3) is 0.0278. The van der Waals surface area contributed by atoms with Crippen LogP contribution >= 0.6 is 45.2 Å². The number of rotatable bonds is 4. The van der Waals surface area contributed by atoms with Gasteiger partial charge in [-0.2, -0.15) is 0 Å². The number of hydrogen-bond acceptors (Lipinski definition) is 5. The maximum atomic E-state index is 5.05. The van der Waals surface area contributed by atoms with E-state index in [1.807, 2.05) is 0 Å². The molecular formula is C36H25I2N5. The van der Waals surface area contributed by atoms with Crippen molar-refractivity contribution >= 4 is 102 Å². The van der Waals surface area contributed by atoms with Crippen LogP contribution in [0.5, 0.6) is 0 Å². The fourth-order valence-electron chi connectivity index (χ4n) is 5.93. The minimum Gasteiger partial charge on any atom is -0.356 e. The van der Waals surface area contributed by atoms with Crippen molar-refractivity contribution in [1.29, 1.82) is 0 Å². The molecule has 43 heavy (non-hydrogen) atoms. The van der Waals surface area contributed by atoms with Gasteiger partial charge in [0.25, 0.3) is 0 Å². The second-order valence-corrected chi connectivity index (χ2v) is 13.1. The lowest BCUT2D eigenvalue weighted by Crippen LogP contribution is -2.39. The summed E-state index contributed by atoms with van der Waals surface area (Å²) in [7, 11) is 0. The van der Waals surface area contributed by atoms with E-state index in [0.29, 0.717) is 0 Å². The van der Waals surface area contributed by atoms with Crippen molar-refractivity contribution in [1.82, 2.24) is 0 Å². The Labute approximate surface area is 277 Å². The molecule has 5 nitrogen and oxygen atoms in total. The molecule has 5 aromatic rings. The molecule has 2 aliphatic heterocycles. The van der Waals surface area contributed by atoms with E-state index in [9.17, 15) is 0 Å². The monoisotopic (exact) mass is 781 g/mol. The normalized spacial score (nSPS) is 16.2. The van der Waals surface area contributed by atoms with Gasteiger partial charge in [0.2, 0.25) is 0 Å². The third kappa shape index (κ3) is 4.90. The first kappa shape index (κ1) is 26.5. The van der Waals surface area contributed by atoms with Gasteiger partial charge in [-0.3, -0.25) is 0 Å². The molecular weight excluding hydrogens is 756 g/mol. The van der Waals surface area contributed by atoms with Crippen molar-refractivity contribution in [3.8, 4) is 0 Å². The average molecular weight is 781 g/mol. The standard InChI is InChI=1S/C36H25I2N5/c37-23-11-15-29-33(19-23)42(27-7-3-1-4-8-27)35-21-25(13-17-31(35)40-29)39-26-14-18-32-36(22-26)43(28-9-5-2-6-10-28)34-20-24(38)12-16-30(34)41-32/h1-22,35,39,41H. The summed E-state index contributed by atoms with van der Waals surface area (Å²) in [5, 5.41) is 7.36. The van der Waals surface area contributed by atoms with Crippen LogP contribution in [-0.2, 0) is 0 Å². The van der Waals surface area contributed by atoms with Gasteiger partial charge in [-0.05, 0) is 142 Å². The van der Waals surface area contributed by atoms with E-state index in [1.54, 1.807) is 0 Å². The van der Waals surface area contributed by atoms with Crippen molar-refractivity contribution in [2.45, 2.75) is 6.04 Å². The minimum absolute atomic E-state index is 0.0327. The third-order valence-corrected chi connectivity index (χ3v) is 9.19. The van der Waals surface area contributed by atoms with Crippen LogP contribution in [0.25, 0.3) is 0 Å². The molecule has 0 saturated heterocycles. The molecule has 0 radical (unpaired) electrons. The van der Waals surface area contributed by atoms with Crippen molar-refractivity contribution in [2.75, 3.05) is 20.4 Å². The summed E-state index contributed by atoms with van der Waals surface area (Å²) in [6, 6.07) is 40.6. The molecule has 2 N–H and O–H groups in total. The molecule has 2 heterocycles. The second kappa shape index (κ2) is 10.9. The first-order valence-electron chi connectivity index (χ1n) is 14.1. The zero-order valence-corrected chi connectivity index (χ0v) is 27.2. The molecule has 0 fully saturated rings. The Hall–Kier alpha value is -4.09. The summed E-state index contributed by atoms with van der Waals surface area (Å²) in [5.74, 6) is 0. The summed E-state index contributed by atoms with van der Waals surface area (Å²) < 4.78 is 2.38. The highest BCUT2D eigenvalue weighted by Gasteiger charge is 2.31. The van der Waals surface area contributed by atoms with E-state index in [-0.39, 0.29) is 6.04 Å². The van der Waals surface area contributed by atoms with Gasteiger partial charge in [0, 0.05) is 29.9 Å². The highest BCUT2D eigenvalue weighted by Crippen LogP contribution is 2.49. The number of fused-ring (bicyclic) bond motifs is 4. The van der Waals surface area contributed by atoms with E-state index in [4.69, 9.17) is 4.99 Å². The number of anilines is 8. The van der Waals surface area contributed by atoms with Crippen LogP contribution in [0.15, 0.2) is 144 Å². The van der Waals surface area contributed by atoms with Crippen molar-refractivity contribution in [3.05, 3.63) is 146 Å². The van der Waals surface area contributed by atoms with Crippen LogP contribution in [0.4, 0.5) is 51.2 Å². The van der Waals surface area contributed by atoms with Gasteiger partial charge >= 0.3 is 0 Å². The number of aliphatic imine (C=N–C) groups is 1. The van der Waals surface area contributed by atoms with Crippen LogP contribution in [0.1, 0.15) is 0 Å². The van der Waals surface area contributed by atoms with Gasteiger partial charge < -0.3 is 20.4 Å². The maximum Gasteiger partial charge on any atom is 0.0969 e. The van der Waals surface area contributed by atoms with Crippen LogP contribution in [-0.4, -0.2) is 11.8 Å². The molecule has 0 bridgehead atoms. The van der Waals surface area contributed by atoms with Crippen molar-refractivity contribution in [3.63, 3.8) is 0 Å². The van der Waals surface area contributed by atoms with Crippen molar-refractivity contribution < 1.29 is 0 Å². The van der Waals surface area contributed by atoms with E-state index < -0.39 is 0 Å². The molecule has 8 rings (SSSR count). The number of para-hydroxylation sites is 2. The van der Waals surface area contributed by atoms with Crippen LogP contribution in [0, 0.1) is 7.14 Å². The molecule has 0 spiro atoms. The molecule has 208 valence electrons. The number of nitrogens with zero attached hydrogens (tertiary/aromatic N) is 3. The lowest BCUT2D eigenvalue weighted by atomic mass is 9.97. The van der Waals surface area contributed by atoms with Crippen LogP contribution in [0.3, 0.4) is 0 Å². The summed E-state index contributed by atoms with van der Waals surface area (Å²) >= 11 is 4.77. The quantitative estimate of drug-likeness (QED) is 0.175. The Morgan fingerprint density at radius 3 is 2.07 bits per heavy atom. The van der Waals surface area contributed by atoms with Gasteiger partial charge in [0.05, 0.1) is 45.9 Å². The molecule has 7 heteroatoms. The molecule has 1 atom stereocenters. The number of nitrogens with one attached hydrogen (secondary N) is 2. The Morgan fingerprint density at radius 1 is 0.651 bits per heavy atom. The molecule has 1 aliphatic carbocycles. The third-order valence-electron chi connectivity index (χ3n) is 7.84. The average Bonchev–Trinajstić information content (AvgIpc) is 3.03. The molecule has 0 aromatic heterocycles. The van der Waals surface area contributed by atoms with E-state index >= 15 is 0 Å². The second-order valence-electron chi connectivity index (χ2n) is 10.6. The zero-order valence-electron chi connectivity index (χ0n) is 22.9.